The van der Waals surface area contributed by atoms with Crippen molar-refractivity contribution in [3.63, 3.8) is 0 Å². The summed E-state index contributed by atoms with van der Waals surface area (Å²) in [7, 11) is 0. The topological polar surface area (TPSA) is 123 Å². The molecule has 0 aromatic heterocycles. The maximum absolute atomic E-state index is 12.3. The average molecular weight is 414 g/mol. The van der Waals surface area contributed by atoms with Crippen LogP contribution in [0.3, 0.4) is 0 Å². The fourth-order valence-corrected chi connectivity index (χ4v) is 2.90. The normalized spacial score (nSPS) is 13.4. The van der Waals surface area contributed by atoms with Crippen molar-refractivity contribution in [2.24, 2.45) is 0 Å². The van der Waals surface area contributed by atoms with Crippen LogP contribution in [0.1, 0.15) is 15.9 Å². The summed E-state index contributed by atoms with van der Waals surface area (Å²) >= 11 is 0. The summed E-state index contributed by atoms with van der Waals surface area (Å²) in [5, 5.41) is 11.5. The second-order valence-corrected chi connectivity index (χ2v) is 6.66. The molecule has 1 aliphatic rings. The first-order chi connectivity index (χ1) is 14.4. The molecule has 0 atom stereocenters. The lowest BCUT2D eigenvalue weighted by Crippen LogP contribution is -2.43. The van der Waals surface area contributed by atoms with Crippen LogP contribution >= 0.6 is 0 Å². The first-order valence-electron chi connectivity index (χ1n) is 9.34. The van der Waals surface area contributed by atoms with Crippen LogP contribution in [0.4, 0.5) is 11.4 Å². The molecule has 30 heavy (non-hydrogen) atoms. The Hall–Kier alpha value is -3.66. The van der Waals surface area contributed by atoms with Crippen molar-refractivity contribution in [2.45, 2.75) is 6.92 Å². The van der Waals surface area contributed by atoms with Gasteiger partial charge in [-0.15, -0.1) is 0 Å². The molecule has 2 N–H and O–H groups in total. The van der Waals surface area contributed by atoms with Crippen LogP contribution in [-0.2, 0) is 9.53 Å². The number of amides is 2. The number of hydrogen-bond donors (Lipinski definition) is 2. The van der Waals surface area contributed by atoms with Crippen LogP contribution in [0.25, 0.3) is 0 Å². The molecule has 10 heteroatoms. The minimum atomic E-state index is -0.671. The number of benzene rings is 2. The van der Waals surface area contributed by atoms with Crippen LogP contribution in [0.5, 0.6) is 5.75 Å². The van der Waals surface area contributed by atoms with E-state index in [0.29, 0.717) is 37.7 Å². The van der Waals surface area contributed by atoms with Gasteiger partial charge in [0.2, 0.25) is 0 Å². The smallest absolute Gasteiger partial charge is 0.293 e. The number of morpholine rings is 1. The van der Waals surface area contributed by atoms with Crippen LogP contribution in [-0.4, -0.2) is 49.6 Å². The quantitative estimate of drug-likeness (QED) is 0.543. The Kier molecular flexibility index (Phi) is 6.81. The molecule has 1 heterocycles. The molecule has 1 aliphatic heterocycles. The van der Waals surface area contributed by atoms with Gasteiger partial charge < -0.3 is 14.4 Å². The van der Waals surface area contributed by atoms with E-state index >= 15 is 0 Å². The highest BCUT2D eigenvalue weighted by atomic mass is 16.6. The molecular weight excluding hydrogens is 392 g/mol. The number of rotatable bonds is 6. The molecule has 3 rings (SSSR count). The van der Waals surface area contributed by atoms with Gasteiger partial charge in [-0.1, -0.05) is 17.7 Å². The van der Waals surface area contributed by atoms with Gasteiger partial charge in [0.05, 0.1) is 18.1 Å². The SMILES string of the molecule is Cc1ccc(OCC(=O)NNC(=O)c2ccc(N3CCOCC3)c([N+](=O)[O-])c2)cc1. The van der Waals surface area contributed by atoms with Crippen molar-refractivity contribution in [2.75, 3.05) is 37.8 Å². The molecule has 1 fully saturated rings. The van der Waals surface area contributed by atoms with Gasteiger partial charge in [-0.3, -0.25) is 30.6 Å². The summed E-state index contributed by atoms with van der Waals surface area (Å²) in [6.45, 7) is 3.67. The first kappa shape index (κ1) is 21.1. The number of hydrogen-bond acceptors (Lipinski definition) is 7. The first-order valence-corrected chi connectivity index (χ1v) is 9.34. The Labute approximate surface area is 172 Å². The number of nitro groups is 1. The maximum atomic E-state index is 12.3. The lowest BCUT2D eigenvalue weighted by Gasteiger charge is -2.28. The van der Waals surface area contributed by atoms with Crippen molar-refractivity contribution in [1.29, 1.82) is 0 Å². The Morgan fingerprint density at radius 3 is 2.50 bits per heavy atom. The number of aryl methyl sites for hydroxylation is 1. The van der Waals surface area contributed by atoms with Crippen LogP contribution in [0.15, 0.2) is 42.5 Å². The predicted octanol–water partition coefficient (Wildman–Crippen LogP) is 1.58. The van der Waals surface area contributed by atoms with Gasteiger partial charge in [0.15, 0.2) is 6.61 Å². The maximum Gasteiger partial charge on any atom is 0.293 e. The number of carbonyl (C=O) groups is 2. The molecule has 0 spiro atoms. The second kappa shape index (κ2) is 9.70. The minimum absolute atomic E-state index is 0.0541. The second-order valence-electron chi connectivity index (χ2n) is 6.66. The summed E-state index contributed by atoms with van der Waals surface area (Å²) in [4.78, 5) is 37.0. The Balaban J connectivity index is 1.57. The molecule has 1 saturated heterocycles. The van der Waals surface area contributed by atoms with Gasteiger partial charge in [0.25, 0.3) is 17.5 Å². The molecule has 0 saturated carbocycles. The molecule has 0 unspecified atom stereocenters. The highest BCUT2D eigenvalue weighted by molar-refractivity contribution is 5.96. The fraction of sp³-hybridized carbons (Fsp3) is 0.300. The molecule has 158 valence electrons. The number of nitrogens with one attached hydrogen (secondary N) is 2. The van der Waals surface area contributed by atoms with Gasteiger partial charge in [0.1, 0.15) is 11.4 Å². The van der Waals surface area contributed by atoms with E-state index in [4.69, 9.17) is 9.47 Å². The van der Waals surface area contributed by atoms with Gasteiger partial charge in [0, 0.05) is 24.7 Å². The number of ether oxygens (including phenoxy) is 2. The average Bonchev–Trinajstić information content (AvgIpc) is 2.77. The standard InChI is InChI=1S/C20H22N4O6/c1-14-2-5-16(6-3-14)30-13-19(25)21-22-20(26)15-4-7-17(18(12-15)24(27)28)23-8-10-29-11-9-23/h2-7,12H,8-11,13H2,1H3,(H,21,25)(H,22,26). The largest absolute Gasteiger partial charge is 0.484 e. The molecule has 0 aliphatic carbocycles. The summed E-state index contributed by atoms with van der Waals surface area (Å²) in [5.41, 5.74) is 5.82. The zero-order valence-electron chi connectivity index (χ0n) is 16.4. The van der Waals surface area contributed by atoms with Gasteiger partial charge in [-0.2, -0.15) is 0 Å². The zero-order chi connectivity index (χ0) is 21.5. The zero-order valence-corrected chi connectivity index (χ0v) is 16.4. The molecule has 2 amide bonds. The van der Waals surface area contributed by atoms with E-state index < -0.39 is 16.7 Å². The highest BCUT2D eigenvalue weighted by Gasteiger charge is 2.23. The van der Waals surface area contributed by atoms with Crippen molar-refractivity contribution >= 4 is 23.2 Å². The van der Waals surface area contributed by atoms with Crippen molar-refractivity contribution in [3.8, 4) is 5.75 Å². The van der Waals surface area contributed by atoms with E-state index in [2.05, 4.69) is 10.9 Å². The van der Waals surface area contributed by atoms with Crippen molar-refractivity contribution in [3.05, 3.63) is 63.7 Å². The van der Waals surface area contributed by atoms with E-state index in [0.717, 1.165) is 5.56 Å². The third kappa shape index (κ3) is 5.45. The van der Waals surface area contributed by atoms with Crippen molar-refractivity contribution < 1.29 is 24.0 Å². The summed E-state index contributed by atoms with van der Waals surface area (Å²) in [6, 6.07) is 11.4. The van der Waals surface area contributed by atoms with Crippen LogP contribution < -0.4 is 20.5 Å². The molecule has 0 bridgehead atoms. The van der Waals surface area contributed by atoms with Crippen molar-refractivity contribution in [1.82, 2.24) is 10.9 Å². The Morgan fingerprint density at radius 1 is 1.13 bits per heavy atom. The van der Waals surface area contributed by atoms with E-state index in [1.807, 2.05) is 24.0 Å². The fourth-order valence-electron chi connectivity index (χ4n) is 2.90. The Bertz CT molecular complexity index is 925. The lowest BCUT2D eigenvalue weighted by molar-refractivity contribution is -0.384. The number of carbonyl (C=O) groups excluding carboxylic acids is 2. The number of anilines is 1. The summed E-state index contributed by atoms with van der Waals surface area (Å²) in [5.74, 6) is -0.713. The predicted molar refractivity (Wildman–Crippen MR) is 108 cm³/mol. The van der Waals surface area contributed by atoms with Gasteiger partial charge >= 0.3 is 0 Å². The minimum Gasteiger partial charge on any atom is -0.484 e. The molecular formula is C20H22N4O6. The number of nitro benzene ring substituents is 1. The summed E-state index contributed by atoms with van der Waals surface area (Å²) < 4.78 is 10.6. The molecule has 2 aromatic rings. The highest BCUT2D eigenvalue weighted by Crippen LogP contribution is 2.29. The van der Waals surface area contributed by atoms with Gasteiger partial charge in [-0.05, 0) is 31.2 Å². The molecule has 2 aromatic carbocycles. The molecule has 10 nitrogen and oxygen atoms in total. The van der Waals surface area contributed by atoms with Gasteiger partial charge in [-0.25, -0.2) is 0 Å². The van der Waals surface area contributed by atoms with Crippen LogP contribution in [0.2, 0.25) is 0 Å². The lowest BCUT2D eigenvalue weighted by atomic mass is 10.1. The van der Waals surface area contributed by atoms with Crippen LogP contribution in [0, 0.1) is 17.0 Å². The van der Waals surface area contributed by atoms with E-state index in [1.165, 1.54) is 18.2 Å². The monoisotopic (exact) mass is 414 g/mol. The third-order valence-corrected chi connectivity index (χ3v) is 4.49. The van der Waals surface area contributed by atoms with E-state index in [9.17, 15) is 19.7 Å². The number of hydrazine groups is 1. The summed E-state index contributed by atoms with van der Waals surface area (Å²) in [6.07, 6.45) is 0. The molecule has 0 radical (unpaired) electrons. The van der Waals surface area contributed by atoms with E-state index in [1.54, 1.807) is 12.1 Å². The Morgan fingerprint density at radius 2 is 1.83 bits per heavy atom. The third-order valence-electron chi connectivity index (χ3n) is 4.49. The number of nitrogens with zero attached hydrogens (tertiary/aromatic N) is 2. The van der Waals surface area contributed by atoms with E-state index in [-0.39, 0.29) is 17.9 Å².